The molecular weight excluding hydrogens is 346 g/mol. The molecule has 0 bridgehead atoms. The van der Waals surface area contributed by atoms with E-state index in [9.17, 15) is 4.79 Å². The summed E-state index contributed by atoms with van der Waals surface area (Å²) in [7, 11) is 0. The monoisotopic (exact) mass is 381 g/mol. The number of benzene rings is 1. The van der Waals surface area contributed by atoms with Crippen LogP contribution in [0, 0.1) is 0 Å². The van der Waals surface area contributed by atoms with Crippen molar-refractivity contribution >= 4 is 5.91 Å². The standard InChI is InChI=1S/C24H35N3O/c1-23(2,3)20-16-21(24(4,5)6)27(26-20)19-14-12-17(13-15-19)22(28)25-18-10-8-7-9-11-18/h12-16,18H,7-11H2,1-6H3,(H,25,28). The molecule has 1 fully saturated rings. The molecule has 2 aromatic rings. The minimum absolute atomic E-state index is 0.00886. The van der Waals surface area contributed by atoms with Gasteiger partial charge in [-0.15, -0.1) is 0 Å². The van der Waals surface area contributed by atoms with Crippen molar-refractivity contribution in [3.63, 3.8) is 0 Å². The number of amides is 1. The SMILES string of the molecule is CC(C)(C)c1cc(C(C)(C)C)n(-c2ccc(C(=O)NC3CCCCC3)cc2)n1. The summed E-state index contributed by atoms with van der Waals surface area (Å²) in [4.78, 5) is 12.6. The summed E-state index contributed by atoms with van der Waals surface area (Å²) in [5, 5.41) is 8.10. The van der Waals surface area contributed by atoms with Crippen molar-refractivity contribution in [2.45, 2.75) is 90.5 Å². The average molecular weight is 382 g/mol. The molecule has 0 aliphatic heterocycles. The van der Waals surface area contributed by atoms with Crippen molar-refractivity contribution in [1.82, 2.24) is 15.1 Å². The van der Waals surface area contributed by atoms with Gasteiger partial charge in [0.2, 0.25) is 0 Å². The Morgan fingerprint density at radius 2 is 1.57 bits per heavy atom. The Kier molecular flexibility index (Phi) is 5.69. The first-order valence-corrected chi connectivity index (χ1v) is 10.6. The molecule has 28 heavy (non-hydrogen) atoms. The Bertz CT molecular complexity index is 813. The van der Waals surface area contributed by atoms with E-state index >= 15 is 0 Å². The lowest BCUT2D eigenvalue weighted by molar-refractivity contribution is 0.0927. The van der Waals surface area contributed by atoms with E-state index in [2.05, 4.69) is 52.9 Å². The summed E-state index contributed by atoms with van der Waals surface area (Å²) in [6.45, 7) is 13.2. The second-order valence-electron chi connectivity index (χ2n) is 10.2. The van der Waals surface area contributed by atoms with Crippen LogP contribution in [-0.4, -0.2) is 21.7 Å². The minimum Gasteiger partial charge on any atom is -0.349 e. The summed E-state index contributed by atoms with van der Waals surface area (Å²) in [5.41, 5.74) is 3.94. The molecule has 0 spiro atoms. The number of nitrogens with one attached hydrogen (secondary N) is 1. The zero-order chi connectivity index (χ0) is 20.5. The fourth-order valence-electron chi connectivity index (χ4n) is 3.75. The molecule has 152 valence electrons. The van der Waals surface area contributed by atoms with E-state index in [1.807, 2.05) is 28.9 Å². The molecule has 0 saturated heterocycles. The van der Waals surface area contributed by atoms with Crippen LogP contribution in [0.25, 0.3) is 5.69 Å². The first-order valence-electron chi connectivity index (χ1n) is 10.6. The van der Waals surface area contributed by atoms with Crippen LogP contribution in [0.5, 0.6) is 0 Å². The van der Waals surface area contributed by atoms with Crippen molar-refractivity contribution in [2.24, 2.45) is 0 Å². The van der Waals surface area contributed by atoms with Gasteiger partial charge in [0.05, 0.1) is 11.4 Å². The lowest BCUT2D eigenvalue weighted by Crippen LogP contribution is -2.36. The highest BCUT2D eigenvalue weighted by molar-refractivity contribution is 5.94. The second kappa shape index (κ2) is 7.73. The first kappa shape index (κ1) is 20.6. The van der Waals surface area contributed by atoms with Crippen LogP contribution in [0.15, 0.2) is 30.3 Å². The van der Waals surface area contributed by atoms with Crippen molar-refractivity contribution in [3.05, 3.63) is 47.3 Å². The van der Waals surface area contributed by atoms with Gasteiger partial charge < -0.3 is 5.32 Å². The van der Waals surface area contributed by atoms with E-state index in [0.717, 1.165) is 29.8 Å². The maximum atomic E-state index is 12.6. The molecule has 0 atom stereocenters. The maximum Gasteiger partial charge on any atom is 0.251 e. The highest BCUT2D eigenvalue weighted by Crippen LogP contribution is 2.30. The zero-order valence-electron chi connectivity index (χ0n) is 18.3. The number of nitrogens with zero attached hydrogens (tertiary/aromatic N) is 2. The predicted molar refractivity (Wildman–Crippen MR) is 115 cm³/mol. The summed E-state index contributed by atoms with van der Waals surface area (Å²) < 4.78 is 2.03. The molecule has 1 heterocycles. The van der Waals surface area contributed by atoms with E-state index < -0.39 is 0 Å². The van der Waals surface area contributed by atoms with Gasteiger partial charge in [-0.05, 0) is 43.2 Å². The number of hydrogen-bond acceptors (Lipinski definition) is 2. The van der Waals surface area contributed by atoms with Crippen LogP contribution >= 0.6 is 0 Å². The Morgan fingerprint density at radius 1 is 0.964 bits per heavy atom. The molecule has 1 saturated carbocycles. The van der Waals surface area contributed by atoms with Crippen molar-refractivity contribution in [1.29, 1.82) is 0 Å². The molecule has 4 heteroatoms. The van der Waals surface area contributed by atoms with Gasteiger partial charge in [0.15, 0.2) is 0 Å². The Morgan fingerprint density at radius 3 is 2.11 bits per heavy atom. The molecule has 1 aliphatic carbocycles. The maximum absolute atomic E-state index is 12.6. The fourth-order valence-corrected chi connectivity index (χ4v) is 3.75. The van der Waals surface area contributed by atoms with Gasteiger partial charge in [-0.1, -0.05) is 60.8 Å². The van der Waals surface area contributed by atoms with Crippen LogP contribution in [0.3, 0.4) is 0 Å². The highest BCUT2D eigenvalue weighted by atomic mass is 16.1. The van der Waals surface area contributed by atoms with E-state index in [1.54, 1.807) is 0 Å². The quantitative estimate of drug-likeness (QED) is 0.760. The molecule has 0 unspecified atom stereocenters. The van der Waals surface area contributed by atoms with E-state index in [0.29, 0.717) is 6.04 Å². The van der Waals surface area contributed by atoms with Gasteiger partial charge in [-0.2, -0.15) is 5.10 Å². The smallest absolute Gasteiger partial charge is 0.251 e. The summed E-state index contributed by atoms with van der Waals surface area (Å²) in [6, 6.07) is 10.4. The number of hydrogen-bond donors (Lipinski definition) is 1. The van der Waals surface area contributed by atoms with E-state index in [1.165, 1.54) is 25.0 Å². The molecule has 4 nitrogen and oxygen atoms in total. The van der Waals surface area contributed by atoms with Crippen LogP contribution in [0.1, 0.15) is 95.4 Å². The third-order valence-electron chi connectivity index (χ3n) is 5.56. The van der Waals surface area contributed by atoms with Gasteiger partial charge in [0.1, 0.15) is 0 Å². The van der Waals surface area contributed by atoms with Crippen LogP contribution in [0.4, 0.5) is 0 Å². The molecular formula is C24H35N3O. The number of carbonyl (C=O) groups is 1. The third kappa shape index (κ3) is 4.65. The zero-order valence-corrected chi connectivity index (χ0v) is 18.3. The molecule has 3 rings (SSSR count). The summed E-state index contributed by atoms with van der Waals surface area (Å²) in [6.07, 6.45) is 5.92. The van der Waals surface area contributed by atoms with Crippen molar-refractivity contribution in [2.75, 3.05) is 0 Å². The largest absolute Gasteiger partial charge is 0.349 e. The average Bonchev–Trinajstić information content (AvgIpc) is 3.09. The lowest BCUT2D eigenvalue weighted by Gasteiger charge is -2.23. The topological polar surface area (TPSA) is 46.9 Å². The molecule has 1 amide bonds. The van der Waals surface area contributed by atoms with Crippen molar-refractivity contribution < 1.29 is 4.79 Å². The van der Waals surface area contributed by atoms with Crippen molar-refractivity contribution in [3.8, 4) is 5.69 Å². The van der Waals surface area contributed by atoms with Gasteiger partial charge in [-0.25, -0.2) is 4.68 Å². The van der Waals surface area contributed by atoms with Crippen LogP contribution in [-0.2, 0) is 10.8 Å². The molecule has 1 aromatic carbocycles. The van der Waals surface area contributed by atoms with E-state index in [4.69, 9.17) is 5.10 Å². The Hall–Kier alpha value is -2.10. The van der Waals surface area contributed by atoms with Gasteiger partial charge >= 0.3 is 0 Å². The van der Waals surface area contributed by atoms with Crippen LogP contribution in [0.2, 0.25) is 0 Å². The molecule has 1 aliphatic rings. The summed E-state index contributed by atoms with van der Waals surface area (Å²) >= 11 is 0. The van der Waals surface area contributed by atoms with Gasteiger partial charge in [-0.3, -0.25) is 4.79 Å². The first-order chi connectivity index (χ1) is 13.1. The normalized spacial score (nSPS) is 16.2. The third-order valence-corrected chi connectivity index (χ3v) is 5.56. The fraction of sp³-hybridized carbons (Fsp3) is 0.583. The summed E-state index contributed by atoms with van der Waals surface area (Å²) in [5.74, 6) is 0.0327. The number of aromatic nitrogens is 2. The Labute approximate surface area is 169 Å². The van der Waals surface area contributed by atoms with Gasteiger partial charge in [0.25, 0.3) is 5.91 Å². The van der Waals surface area contributed by atoms with Gasteiger partial charge in [0, 0.05) is 28.1 Å². The highest BCUT2D eigenvalue weighted by Gasteiger charge is 2.26. The van der Waals surface area contributed by atoms with E-state index in [-0.39, 0.29) is 16.7 Å². The predicted octanol–water partition coefficient (Wildman–Crippen LogP) is 5.53. The number of rotatable bonds is 3. The van der Waals surface area contributed by atoms with Crippen LogP contribution < -0.4 is 5.32 Å². The molecule has 0 radical (unpaired) electrons. The minimum atomic E-state index is -0.0203. The lowest BCUT2D eigenvalue weighted by atomic mass is 9.88. The molecule has 1 N–H and O–H groups in total. The Balaban J connectivity index is 1.84. The second-order valence-corrected chi connectivity index (χ2v) is 10.2. The number of carbonyl (C=O) groups excluding carboxylic acids is 1. The molecule has 1 aromatic heterocycles.